The first-order chi connectivity index (χ1) is 8.15. The molecule has 0 spiro atoms. The van der Waals surface area contributed by atoms with Crippen molar-refractivity contribution >= 4 is 12.1 Å². The smallest absolute Gasteiger partial charge is 0.407 e. The number of carboxylic acids is 1. The van der Waals surface area contributed by atoms with Crippen molar-refractivity contribution in [1.29, 1.82) is 0 Å². The monoisotopic (exact) mass is 239 g/mol. The van der Waals surface area contributed by atoms with E-state index in [0.29, 0.717) is 6.54 Å². The molecule has 1 heterocycles. The highest BCUT2D eigenvalue weighted by Gasteiger charge is 2.09. The number of carbonyl (C=O) groups is 2. The van der Waals surface area contributed by atoms with Gasteiger partial charge in [0.05, 0.1) is 12.5 Å². The van der Waals surface area contributed by atoms with Crippen molar-refractivity contribution in [3.63, 3.8) is 0 Å². The summed E-state index contributed by atoms with van der Waals surface area (Å²) < 4.78 is 6.11. The van der Waals surface area contributed by atoms with Gasteiger partial charge in [0.25, 0.3) is 0 Å². The van der Waals surface area contributed by atoms with E-state index >= 15 is 0 Å². The van der Waals surface area contributed by atoms with Crippen molar-refractivity contribution in [2.24, 2.45) is 0 Å². The second-order valence-electron chi connectivity index (χ2n) is 3.09. The number of carboxylic acid groups (broad SMARTS) is 1. The molecule has 0 aliphatic carbocycles. The molecular formula is C10H13N3O4. The van der Waals surface area contributed by atoms with Crippen molar-refractivity contribution in [3.05, 3.63) is 30.9 Å². The number of carbonyl (C=O) groups excluding carboxylic acids is 1. The molecule has 0 fully saturated rings. The first kappa shape index (κ1) is 12.8. The third kappa shape index (κ3) is 3.98. The molecular weight excluding hydrogens is 226 g/mol. The molecule has 0 aromatic carbocycles. The third-order valence-electron chi connectivity index (χ3n) is 1.89. The summed E-state index contributed by atoms with van der Waals surface area (Å²) in [6, 6.07) is 0. The van der Waals surface area contributed by atoms with Gasteiger partial charge >= 0.3 is 12.1 Å². The molecule has 0 saturated carbocycles. The number of imidazole rings is 1. The molecule has 0 atom stereocenters. The highest BCUT2D eigenvalue weighted by molar-refractivity contribution is 5.85. The van der Waals surface area contributed by atoms with Crippen LogP contribution in [0.1, 0.15) is 10.5 Å². The molecule has 2 N–H and O–H groups in total. The Morgan fingerprint density at radius 3 is 3.06 bits per heavy atom. The Morgan fingerprint density at radius 2 is 2.41 bits per heavy atom. The third-order valence-corrected chi connectivity index (χ3v) is 1.89. The zero-order chi connectivity index (χ0) is 12.7. The number of hydrogen-bond acceptors (Lipinski definition) is 4. The highest BCUT2D eigenvalue weighted by Crippen LogP contribution is 1.98. The maximum absolute atomic E-state index is 11.0. The minimum absolute atomic E-state index is 0.0752. The molecule has 0 aliphatic rings. The summed E-state index contributed by atoms with van der Waals surface area (Å²) in [6.45, 7) is 4.11. The normalized spacial score (nSPS) is 9.65. The van der Waals surface area contributed by atoms with Gasteiger partial charge in [-0.2, -0.15) is 0 Å². The largest absolute Gasteiger partial charge is 0.477 e. The second kappa shape index (κ2) is 6.31. The lowest BCUT2D eigenvalue weighted by Crippen LogP contribution is -2.28. The van der Waals surface area contributed by atoms with Crippen LogP contribution in [-0.2, 0) is 11.3 Å². The zero-order valence-electron chi connectivity index (χ0n) is 9.13. The van der Waals surface area contributed by atoms with Crippen LogP contribution >= 0.6 is 0 Å². The van der Waals surface area contributed by atoms with E-state index in [9.17, 15) is 9.59 Å². The van der Waals surface area contributed by atoms with Crippen molar-refractivity contribution in [2.45, 2.75) is 6.54 Å². The quantitative estimate of drug-likeness (QED) is 0.705. The lowest BCUT2D eigenvalue weighted by Gasteiger charge is -2.07. The average molecular weight is 239 g/mol. The minimum Gasteiger partial charge on any atom is -0.477 e. The maximum atomic E-state index is 11.0. The molecule has 1 aromatic heterocycles. The van der Waals surface area contributed by atoms with E-state index < -0.39 is 12.1 Å². The van der Waals surface area contributed by atoms with Crippen LogP contribution < -0.4 is 5.32 Å². The molecule has 17 heavy (non-hydrogen) atoms. The van der Waals surface area contributed by atoms with E-state index in [-0.39, 0.29) is 18.8 Å². The van der Waals surface area contributed by atoms with Crippen molar-refractivity contribution in [3.8, 4) is 0 Å². The number of aromatic nitrogens is 2. The van der Waals surface area contributed by atoms with Gasteiger partial charge in [-0.05, 0) is 0 Å². The molecule has 1 rings (SSSR count). The van der Waals surface area contributed by atoms with Gasteiger partial charge in [0, 0.05) is 13.1 Å². The molecule has 1 aromatic rings. The summed E-state index contributed by atoms with van der Waals surface area (Å²) >= 11 is 0. The molecule has 0 bridgehead atoms. The lowest BCUT2D eigenvalue weighted by atomic mass is 10.4. The van der Waals surface area contributed by atoms with Crippen molar-refractivity contribution in [1.82, 2.24) is 14.9 Å². The van der Waals surface area contributed by atoms with Gasteiger partial charge in [-0.25, -0.2) is 14.6 Å². The van der Waals surface area contributed by atoms with Crippen molar-refractivity contribution in [2.75, 3.05) is 13.2 Å². The fourth-order valence-electron chi connectivity index (χ4n) is 1.14. The number of alkyl carbamates (subject to hydrolysis) is 1. The minimum atomic E-state index is -1.06. The van der Waals surface area contributed by atoms with Crippen LogP contribution in [0, 0.1) is 0 Å². The van der Waals surface area contributed by atoms with Gasteiger partial charge in [-0.3, -0.25) is 0 Å². The van der Waals surface area contributed by atoms with E-state index in [2.05, 4.69) is 21.6 Å². The van der Waals surface area contributed by atoms with Crippen LogP contribution in [0.25, 0.3) is 0 Å². The molecule has 0 aliphatic heterocycles. The average Bonchev–Trinajstić information content (AvgIpc) is 2.74. The number of aromatic carboxylic acids is 1. The van der Waals surface area contributed by atoms with Gasteiger partial charge in [0.15, 0.2) is 0 Å². The summed E-state index contributed by atoms with van der Waals surface area (Å²) in [4.78, 5) is 25.5. The van der Waals surface area contributed by atoms with E-state index in [1.165, 1.54) is 23.2 Å². The van der Waals surface area contributed by atoms with E-state index in [0.717, 1.165) is 0 Å². The van der Waals surface area contributed by atoms with Crippen molar-refractivity contribution < 1.29 is 19.4 Å². The van der Waals surface area contributed by atoms with Gasteiger partial charge in [0.1, 0.15) is 12.3 Å². The number of nitrogens with one attached hydrogen (secondary N) is 1. The Kier molecular flexibility index (Phi) is 4.74. The summed E-state index contributed by atoms with van der Waals surface area (Å²) in [7, 11) is 0. The first-order valence-electron chi connectivity index (χ1n) is 4.90. The van der Waals surface area contributed by atoms with Crippen LogP contribution in [0.5, 0.6) is 0 Å². The maximum Gasteiger partial charge on any atom is 0.407 e. The second-order valence-corrected chi connectivity index (χ2v) is 3.09. The fourth-order valence-corrected chi connectivity index (χ4v) is 1.14. The zero-order valence-corrected chi connectivity index (χ0v) is 9.13. The summed E-state index contributed by atoms with van der Waals surface area (Å²) in [5, 5.41) is 11.3. The van der Waals surface area contributed by atoms with Crippen LogP contribution in [0.4, 0.5) is 4.79 Å². The number of nitrogens with zero attached hydrogens (tertiary/aromatic N) is 2. The topological polar surface area (TPSA) is 93.5 Å². The summed E-state index contributed by atoms with van der Waals surface area (Å²) in [5.74, 6) is -1.06. The SMILES string of the molecule is C=CCOC(=O)NCCn1cncc1C(=O)O. The summed E-state index contributed by atoms with van der Waals surface area (Å²) in [6.07, 6.45) is 3.53. The van der Waals surface area contributed by atoms with Crippen LogP contribution in [0.15, 0.2) is 25.2 Å². The molecule has 7 nitrogen and oxygen atoms in total. The van der Waals surface area contributed by atoms with E-state index in [4.69, 9.17) is 5.11 Å². The molecule has 0 saturated heterocycles. The highest BCUT2D eigenvalue weighted by atomic mass is 16.5. The lowest BCUT2D eigenvalue weighted by molar-refractivity contribution is 0.0685. The van der Waals surface area contributed by atoms with Crippen LogP contribution in [0.2, 0.25) is 0 Å². The molecule has 92 valence electrons. The van der Waals surface area contributed by atoms with Gasteiger partial charge < -0.3 is 19.7 Å². The number of amides is 1. The Morgan fingerprint density at radius 1 is 1.65 bits per heavy atom. The first-order valence-corrected chi connectivity index (χ1v) is 4.90. The number of hydrogen-bond donors (Lipinski definition) is 2. The van der Waals surface area contributed by atoms with E-state index in [1.807, 2.05) is 0 Å². The van der Waals surface area contributed by atoms with Gasteiger partial charge in [-0.15, -0.1) is 0 Å². The molecule has 7 heteroatoms. The Labute approximate surface area is 97.7 Å². The predicted octanol–water partition coefficient (Wildman–Crippen LogP) is 0.493. The predicted molar refractivity (Wildman–Crippen MR) is 58.7 cm³/mol. The van der Waals surface area contributed by atoms with Gasteiger partial charge in [0.2, 0.25) is 0 Å². The Balaban J connectivity index is 2.35. The van der Waals surface area contributed by atoms with Gasteiger partial charge in [-0.1, -0.05) is 12.7 Å². The standard InChI is InChI=1S/C10H13N3O4/c1-2-5-17-10(16)12-3-4-13-7-11-6-8(13)9(14)15/h2,6-7H,1,3-5H2,(H,12,16)(H,14,15). The van der Waals surface area contributed by atoms with Crippen LogP contribution in [0.3, 0.4) is 0 Å². The molecule has 1 amide bonds. The Bertz CT molecular complexity index is 413. The number of rotatable bonds is 6. The number of ether oxygens (including phenoxy) is 1. The summed E-state index contributed by atoms with van der Waals surface area (Å²) in [5.41, 5.74) is 0.0752. The van der Waals surface area contributed by atoms with Crippen LogP contribution in [-0.4, -0.2) is 39.9 Å². The Hall–Kier alpha value is -2.31. The van der Waals surface area contributed by atoms with E-state index in [1.54, 1.807) is 0 Å². The fraction of sp³-hybridized carbons (Fsp3) is 0.300. The molecule has 0 radical (unpaired) electrons. The molecule has 0 unspecified atom stereocenters.